The second-order valence-electron chi connectivity index (χ2n) is 3.98. The third-order valence-electron chi connectivity index (χ3n) is 2.86. The molecule has 3 nitrogen and oxygen atoms in total. The summed E-state index contributed by atoms with van der Waals surface area (Å²) in [5.74, 6) is 0.388. The summed E-state index contributed by atoms with van der Waals surface area (Å²) in [6.45, 7) is 4.60. The summed E-state index contributed by atoms with van der Waals surface area (Å²) >= 11 is 0. The number of halogens is 1. The monoisotopic (exact) mass is 224 g/mol. The van der Waals surface area contributed by atoms with E-state index >= 15 is 0 Å². The van der Waals surface area contributed by atoms with Crippen molar-refractivity contribution in [2.75, 3.05) is 33.3 Å². The summed E-state index contributed by atoms with van der Waals surface area (Å²) in [5.41, 5.74) is 0.739. The predicted molar refractivity (Wildman–Crippen MR) is 61.1 cm³/mol. The summed E-state index contributed by atoms with van der Waals surface area (Å²) in [7, 11) is 1.55. The Morgan fingerprint density at radius 2 is 2.12 bits per heavy atom. The Balaban J connectivity index is 2.03. The van der Waals surface area contributed by atoms with Gasteiger partial charge in [0.1, 0.15) is 11.6 Å². The molecule has 0 bridgehead atoms. The molecule has 16 heavy (non-hydrogen) atoms. The quantitative estimate of drug-likeness (QED) is 0.836. The van der Waals surface area contributed by atoms with Gasteiger partial charge in [-0.2, -0.15) is 0 Å². The van der Waals surface area contributed by atoms with Crippen LogP contribution in [0.4, 0.5) is 4.39 Å². The second kappa shape index (κ2) is 5.27. The number of rotatable bonds is 3. The van der Waals surface area contributed by atoms with Crippen molar-refractivity contribution in [2.45, 2.75) is 6.54 Å². The zero-order valence-electron chi connectivity index (χ0n) is 9.50. The zero-order valence-corrected chi connectivity index (χ0v) is 9.50. The predicted octanol–water partition coefficient (Wildman–Crippen LogP) is 1.24. The molecule has 2 rings (SSSR count). The molecule has 1 aromatic rings. The molecule has 0 unspecified atom stereocenters. The first-order valence-electron chi connectivity index (χ1n) is 5.55. The van der Waals surface area contributed by atoms with Crippen molar-refractivity contribution in [1.29, 1.82) is 0 Å². The summed E-state index contributed by atoms with van der Waals surface area (Å²) in [6.07, 6.45) is 0. The van der Waals surface area contributed by atoms with Crippen LogP contribution in [0.25, 0.3) is 0 Å². The Bertz CT molecular complexity index is 351. The van der Waals surface area contributed by atoms with Gasteiger partial charge in [0, 0.05) is 44.4 Å². The van der Waals surface area contributed by atoms with Gasteiger partial charge in [-0.05, 0) is 6.07 Å². The van der Waals surface area contributed by atoms with Gasteiger partial charge in [-0.15, -0.1) is 0 Å². The molecule has 1 N–H and O–H groups in total. The van der Waals surface area contributed by atoms with Crippen LogP contribution in [-0.4, -0.2) is 38.2 Å². The maximum Gasteiger partial charge on any atom is 0.131 e. The van der Waals surface area contributed by atoms with Crippen LogP contribution >= 0.6 is 0 Å². The molecule has 0 aromatic heterocycles. The number of ether oxygens (including phenoxy) is 1. The van der Waals surface area contributed by atoms with Crippen molar-refractivity contribution in [3.8, 4) is 5.75 Å². The molecule has 0 saturated carbocycles. The Morgan fingerprint density at radius 3 is 2.75 bits per heavy atom. The van der Waals surface area contributed by atoms with Crippen LogP contribution in [0.2, 0.25) is 0 Å². The lowest BCUT2D eigenvalue weighted by Gasteiger charge is -2.27. The van der Waals surface area contributed by atoms with Gasteiger partial charge >= 0.3 is 0 Å². The molecule has 1 saturated heterocycles. The van der Waals surface area contributed by atoms with E-state index in [0.29, 0.717) is 12.3 Å². The number of nitrogens with one attached hydrogen (secondary N) is 1. The number of hydrogen-bond donors (Lipinski definition) is 1. The van der Waals surface area contributed by atoms with E-state index in [1.54, 1.807) is 19.2 Å². The third kappa shape index (κ3) is 2.71. The average molecular weight is 224 g/mol. The van der Waals surface area contributed by atoms with Crippen LogP contribution in [-0.2, 0) is 6.54 Å². The minimum atomic E-state index is -0.183. The molecule has 1 aromatic carbocycles. The van der Waals surface area contributed by atoms with Crippen molar-refractivity contribution in [2.24, 2.45) is 0 Å². The van der Waals surface area contributed by atoms with Gasteiger partial charge in [-0.1, -0.05) is 6.07 Å². The van der Waals surface area contributed by atoms with Gasteiger partial charge in [0.25, 0.3) is 0 Å². The minimum Gasteiger partial charge on any atom is -0.497 e. The number of benzene rings is 1. The highest BCUT2D eigenvalue weighted by Crippen LogP contribution is 2.17. The number of hydrogen-bond acceptors (Lipinski definition) is 3. The Kier molecular flexibility index (Phi) is 3.74. The molecule has 0 atom stereocenters. The van der Waals surface area contributed by atoms with Crippen LogP contribution in [0.15, 0.2) is 18.2 Å². The lowest BCUT2D eigenvalue weighted by Crippen LogP contribution is -2.43. The van der Waals surface area contributed by atoms with Gasteiger partial charge in [0.2, 0.25) is 0 Å². The molecular weight excluding hydrogens is 207 g/mol. The van der Waals surface area contributed by atoms with E-state index in [9.17, 15) is 4.39 Å². The van der Waals surface area contributed by atoms with E-state index in [-0.39, 0.29) is 5.82 Å². The number of methoxy groups -OCH3 is 1. The Hall–Kier alpha value is -1.13. The number of nitrogens with zero attached hydrogens (tertiary/aromatic N) is 1. The zero-order chi connectivity index (χ0) is 11.4. The Morgan fingerprint density at radius 1 is 1.38 bits per heavy atom. The molecule has 0 amide bonds. The van der Waals surface area contributed by atoms with Crippen LogP contribution in [0.1, 0.15) is 5.56 Å². The molecular formula is C12H17FN2O. The van der Waals surface area contributed by atoms with Crippen molar-refractivity contribution in [1.82, 2.24) is 10.2 Å². The average Bonchev–Trinajstić information content (AvgIpc) is 2.33. The van der Waals surface area contributed by atoms with E-state index in [4.69, 9.17) is 4.74 Å². The van der Waals surface area contributed by atoms with Crippen molar-refractivity contribution >= 4 is 0 Å². The highest BCUT2D eigenvalue weighted by molar-refractivity contribution is 5.28. The van der Waals surface area contributed by atoms with E-state index < -0.39 is 0 Å². The van der Waals surface area contributed by atoms with Crippen LogP contribution in [0, 0.1) is 5.82 Å². The van der Waals surface area contributed by atoms with E-state index in [1.165, 1.54) is 6.07 Å². The summed E-state index contributed by atoms with van der Waals surface area (Å²) < 4.78 is 18.6. The molecule has 1 heterocycles. The van der Waals surface area contributed by atoms with E-state index in [0.717, 1.165) is 31.7 Å². The third-order valence-corrected chi connectivity index (χ3v) is 2.86. The highest BCUT2D eigenvalue weighted by atomic mass is 19.1. The van der Waals surface area contributed by atoms with Gasteiger partial charge < -0.3 is 10.1 Å². The van der Waals surface area contributed by atoms with Gasteiger partial charge in [0.15, 0.2) is 0 Å². The fraction of sp³-hybridized carbons (Fsp3) is 0.500. The fourth-order valence-electron chi connectivity index (χ4n) is 1.89. The molecule has 0 radical (unpaired) electrons. The Labute approximate surface area is 95.2 Å². The van der Waals surface area contributed by atoms with Crippen LogP contribution in [0.5, 0.6) is 5.75 Å². The number of piperazine rings is 1. The molecule has 4 heteroatoms. The highest BCUT2D eigenvalue weighted by Gasteiger charge is 2.12. The topological polar surface area (TPSA) is 24.5 Å². The minimum absolute atomic E-state index is 0.183. The van der Waals surface area contributed by atoms with Crippen molar-refractivity contribution < 1.29 is 9.13 Å². The lowest BCUT2D eigenvalue weighted by molar-refractivity contribution is 0.230. The van der Waals surface area contributed by atoms with Crippen molar-refractivity contribution in [3.05, 3.63) is 29.6 Å². The maximum absolute atomic E-state index is 13.7. The first-order valence-corrected chi connectivity index (χ1v) is 5.55. The molecule has 0 aliphatic carbocycles. The largest absolute Gasteiger partial charge is 0.497 e. The standard InChI is InChI=1S/C12H17FN2O/c1-16-11-3-2-10(12(13)8-11)9-15-6-4-14-5-7-15/h2-3,8,14H,4-7,9H2,1H3. The van der Waals surface area contributed by atoms with Gasteiger partial charge in [-0.3, -0.25) is 4.90 Å². The SMILES string of the molecule is COc1ccc(CN2CCNCC2)c(F)c1. The first kappa shape index (κ1) is 11.4. The molecule has 1 aliphatic rings. The first-order chi connectivity index (χ1) is 7.79. The molecule has 0 spiro atoms. The summed E-state index contributed by atoms with van der Waals surface area (Å²) in [6, 6.07) is 5.05. The second-order valence-corrected chi connectivity index (χ2v) is 3.98. The molecule has 88 valence electrons. The smallest absolute Gasteiger partial charge is 0.131 e. The lowest BCUT2D eigenvalue weighted by atomic mass is 10.2. The molecule has 1 aliphatic heterocycles. The van der Waals surface area contributed by atoms with Crippen LogP contribution < -0.4 is 10.1 Å². The van der Waals surface area contributed by atoms with Crippen molar-refractivity contribution in [3.63, 3.8) is 0 Å². The van der Waals surface area contributed by atoms with Crippen LogP contribution in [0.3, 0.4) is 0 Å². The van der Waals surface area contributed by atoms with Gasteiger partial charge in [-0.25, -0.2) is 4.39 Å². The van der Waals surface area contributed by atoms with E-state index in [1.807, 2.05) is 0 Å². The fourth-order valence-corrected chi connectivity index (χ4v) is 1.89. The molecule has 1 fully saturated rings. The van der Waals surface area contributed by atoms with Gasteiger partial charge in [0.05, 0.1) is 7.11 Å². The van der Waals surface area contributed by atoms with E-state index in [2.05, 4.69) is 10.2 Å². The summed E-state index contributed by atoms with van der Waals surface area (Å²) in [5, 5.41) is 3.28. The normalized spacial score (nSPS) is 17.4. The maximum atomic E-state index is 13.7. The summed E-state index contributed by atoms with van der Waals surface area (Å²) in [4.78, 5) is 2.25.